The minimum Gasteiger partial charge on any atom is -0.509 e. The maximum Gasteiger partial charge on any atom is 0.135 e. The van der Waals surface area contributed by atoms with Gasteiger partial charge < -0.3 is 19.1 Å². The van der Waals surface area contributed by atoms with Crippen molar-refractivity contribution in [3.05, 3.63) is 139 Å². The molecule has 2 aromatic heterocycles. The third-order valence-corrected chi connectivity index (χ3v) is 9.57. The molecule has 1 aliphatic rings. The van der Waals surface area contributed by atoms with Gasteiger partial charge in [0.25, 0.3) is 0 Å². The van der Waals surface area contributed by atoms with Crippen LogP contribution in [0.5, 0.6) is 11.5 Å². The first-order valence-electron chi connectivity index (χ1n) is 17.5. The number of aromatic nitrogens is 2. The second kappa shape index (κ2) is 13.3. The standard InChI is InChI=1S/C45H47N4O.Pt/c1-30-23-31(43(2,3)4)15-18-39(30)48-22-21-47(29-48)34-24-33(45(8,9)10)25-36(27-34)50-35-16-17-38-37-13-11-12-14-40(37)49(41(38)28-35)42-26-32(19-20-46-42)44(5,6)7;/h11-26,29H,1-10H3;/q-3;. The van der Waals surface area contributed by atoms with Crippen LogP contribution in [0.25, 0.3) is 27.6 Å². The Morgan fingerprint density at radius 3 is 2.04 bits per heavy atom. The summed E-state index contributed by atoms with van der Waals surface area (Å²) in [5.41, 5.74) is 9.02. The quantitative estimate of drug-likeness (QED) is 0.162. The molecule has 0 unspecified atom stereocenters. The van der Waals surface area contributed by atoms with Crippen molar-refractivity contribution in [2.24, 2.45) is 0 Å². The van der Waals surface area contributed by atoms with E-state index in [-0.39, 0.29) is 37.3 Å². The number of hydrogen-bond acceptors (Lipinski definition) is 4. The monoisotopic (exact) mass is 854 g/mol. The third-order valence-electron chi connectivity index (χ3n) is 9.57. The molecule has 6 aromatic rings. The number of hydrogen-bond donors (Lipinski definition) is 0. The van der Waals surface area contributed by atoms with E-state index in [4.69, 9.17) is 9.72 Å². The maximum atomic E-state index is 6.64. The van der Waals surface area contributed by atoms with Crippen molar-refractivity contribution in [1.82, 2.24) is 9.55 Å². The minimum atomic E-state index is -0.103. The Hall–Kier alpha value is -4.34. The molecule has 4 aromatic carbocycles. The molecule has 0 bridgehead atoms. The molecule has 0 amide bonds. The summed E-state index contributed by atoms with van der Waals surface area (Å²) < 4.78 is 8.84. The largest absolute Gasteiger partial charge is 0.509 e. The molecule has 0 atom stereocenters. The zero-order valence-corrected chi connectivity index (χ0v) is 33.6. The molecule has 0 fully saturated rings. The smallest absolute Gasteiger partial charge is 0.135 e. The Morgan fingerprint density at radius 2 is 1.33 bits per heavy atom. The molecule has 6 heteroatoms. The number of para-hydroxylation sites is 1. The fourth-order valence-corrected chi connectivity index (χ4v) is 6.50. The minimum absolute atomic E-state index is 0. The molecule has 0 radical (unpaired) electrons. The van der Waals surface area contributed by atoms with Crippen molar-refractivity contribution in [2.45, 2.75) is 85.5 Å². The van der Waals surface area contributed by atoms with Crippen molar-refractivity contribution in [1.29, 1.82) is 0 Å². The van der Waals surface area contributed by atoms with Crippen LogP contribution in [-0.2, 0) is 37.3 Å². The Kier molecular flexibility index (Phi) is 9.53. The molecule has 5 nitrogen and oxygen atoms in total. The van der Waals surface area contributed by atoms with Gasteiger partial charge in [0.1, 0.15) is 5.82 Å². The molecular weight excluding hydrogens is 808 g/mol. The number of fused-ring (bicyclic) bond motifs is 3. The summed E-state index contributed by atoms with van der Waals surface area (Å²) in [5, 5.41) is 2.26. The topological polar surface area (TPSA) is 33.5 Å². The molecule has 0 saturated carbocycles. The molecule has 0 N–H and O–H groups in total. The molecule has 3 heterocycles. The van der Waals surface area contributed by atoms with Crippen molar-refractivity contribution in [3.8, 4) is 17.3 Å². The Bertz CT molecular complexity index is 2260. The summed E-state index contributed by atoms with van der Waals surface area (Å²) in [4.78, 5) is 9.11. The number of ether oxygens (including phenoxy) is 1. The van der Waals surface area contributed by atoms with E-state index in [1.807, 2.05) is 12.3 Å². The molecule has 51 heavy (non-hydrogen) atoms. The van der Waals surface area contributed by atoms with Gasteiger partial charge in [-0.15, -0.1) is 53.6 Å². The van der Waals surface area contributed by atoms with Crippen LogP contribution in [0.2, 0.25) is 0 Å². The molecule has 0 aliphatic carbocycles. The number of aryl methyl sites for hydroxylation is 1. The van der Waals surface area contributed by atoms with Crippen molar-refractivity contribution < 1.29 is 25.8 Å². The maximum absolute atomic E-state index is 6.64. The summed E-state index contributed by atoms with van der Waals surface area (Å²) >= 11 is 0. The number of benzene rings is 4. The summed E-state index contributed by atoms with van der Waals surface area (Å²) in [6.45, 7) is 24.4. The normalized spacial score (nSPS) is 13.7. The fraction of sp³-hybridized carbons (Fsp3) is 0.289. The van der Waals surface area contributed by atoms with Crippen molar-refractivity contribution in [3.63, 3.8) is 0 Å². The SMILES string of the molecule is Cc1cc(C(C)(C)C)ccc1N1C=CN(c2[c-]c(Oc3[c-]c4c(cc3)c3ccccc3n4-c3cc(C(C)(C)C)ccn3)cc(C(C)(C)C)c2)[CH-]1.[Pt]. The van der Waals surface area contributed by atoms with Gasteiger partial charge in [-0.1, -0.05) is 98.2 Å². The van der Waals surface area contributed by atoms with Crippen LogP contribution < -0.4 is 14.5 Å². The second-order valence-electron chi connectivity index (χ2n) is 16.5. The Labute approximate surface area is 318 Å². The van der Waals surface area contributed by atoms with E-state index in [0.29, 0.717) is 11.5 Å². The number of anilines is 2. The molecule has 7 rings (SSSR count). The van der Waals surface area contributed by atoms with Gasteiger partial charge >= 0.3 is 0 Å². The van der Waals surface area contributed by atoms with Crippen molar-refractivity contribution >= 4 is 33.2 Å². The Morgan fingerprint density at radius 1 is 0.647 bits per heavy atom. The molecule has 266 valence electrons. The predicted octanol–water partition coefficient (Wildman–Crippen LogP) is 11.7. The third kappa shape index (κ3) is 7.24. The first kappa shape index (κ1) is 36.4. The van der Waals surface area contributed by atoms with Crippen molar-refractivity contribution in [2.75, 3.05) is 9.80 Å². The first-order valence-corrected chi connectivity index (χ1v) is 17.5. The summed E-state index contributed by atoms with van der Waals surface area (Å²) in [7, 11) is 0. The fourth-order valence-electron chi connectivity index (χ4n) is 6.50. The summed E-state index contributed by atoms with van der Waals surface area (Å²) in [6, 6.07) is 35.1. The van der Waals surface area contributed by atoms with Gasteiger partial charge in [0.05, 0.1) is 0 Å². The van der Waals surface area contributed by atoms with E-state index >= 15 is 0 Å². The average Bonchev–Trinajstić information content (AvgIpc) is 3.67. The van der Waals surface area contributed by atoms with Crippen LogP contribution in [-0.4, -0.2) is 9.55 Å². The second-order valence-corrected chi connectivity index (χ2v) is 16.5. The summed E-state index contributed by atoms with van der Waals surface area (Å²) in [6.07, 6.45) is 6.08. The number of rotatable bonds is 5. The van der Waals surface area contributed by atoms with Gasteiger partial charge in [0.2, 0.25) is 0 Å². The van der Waals surface area contributed by atoms with E-state index in [9.17, 15) is 0 Å². The van der Waals surface area contributed by atoms with E-state index in [1.165, 1.54) is 16.7 Å². The van der Waals surface area contributed by atoms with Gasteiger partial charge in [-0.3, -0.25) is 0 Å². The predicted molar refractivity (Wildman–Crippen MR) is 208 cm³/mol. The number of nitrogens with zero attached hydrogens (tertiary/aromatic N) is 4. The van der Waals surface area contributed by atoms with Crippen LogP contribution in [0, 0.1) is 25.7 Å². The molecule has 1 aliphatic heterocycles. The van der Waals surface area contributed by atoms with E-state index in [0.717, 1.165) is 44.6 Å². The Balaban J connectivity index is 0.00000448. The average molecular weight is 855 g/mol. The van der Waals surface area contributed by atoms with Crippen LogP contribution in [0.15, 0.2) is 97.5 Å². The van der Waals surface area contributed by atoms with E-state index in [2.05, 4.69) is 188 Å². The molecule has 0 spiro atoms. The zero-order chi connectivity index (χ0) is 35.6. The van der Waals surface area contributed by atoms with E-state index in [1.54, 1.807) is 0 Å². The zero-order valence-electron chi connectivity index (χ0n) is 31.3. The van der Waals surface area contributed by atoms with Gasteiger partial charge in [-0.25, -0.2) is 4.98 Å². The summed E-state index contributed by atoms with van der Waals surface area (Å²) in [5.74, 6) is 2.13. The van der Waals surface area contributed by atoms with Crippen LogP contribution in [0.4, 0.5) is 11.4 Å². The van der Waals surface area contributed by atoms with Crippen LogP contribution in [0.1, 0.15) is 84.6 Å². The molecular formula is C45H47N4OPt-3. The van der Waals surface area contributed by atoms with E-state index < -0.39 is 0 Å². The van der Waals surface area contributed by atoms with Crippen LogP contribution >= 0.6 is 0 Å². The van der Waals surface area contributed by atoms with Crippen LogP contribution in [0.3, 0.4) is 0 Å². The van der Waals surface area contributed by atoms with Gasteiger partial charge in [-0.2, -0.15) is 6.07 Å². The van der Waals surface area contributed by atoms with Gasteiger partial charge in [0, 0.05) is 50.0 Å². The molecule has 0 saturated heterocycles. The number of pyridine rings is 1. The van der Waals surface area contributed by atoms with Gasteiger partial charge in [0.15, 0.2) is 0 Å². The van der Waals surface area contributed by atoms with Gasteiger partial charge in [-0.05, 0) is 81.9 Å². The first-order chi connectivity index (χ1) is 23.6.